The fraction of sp³-hybridized carbons (Fsp3) is 0.972. The molecular weight excluding hydrogens is 624 g/mol. The van der Waals surface area contributed by atoms with Crippen LogP contribution in [0.1, 0.15) is 99.3 Å². The predicted molar refractivity (Wildman–Crippen MR) is 171 cm³/mol. The summed E-state index contributed by atoms with van der Waals surface area (Å²) in [6.45, 7) is 10.9. The first kappa shape index (κ1) is 36.8. The minimum absolute atomic E-state index is 0.00534. The van der Waals surface area contributed by atoms with Crippen LogP contribution in [0, 0.1) is 50.7 Å². The maximum absolute atomic E-state index is 14.1. The van der Waals surface area contributed by atoms with Gasteiger partial charge < -0.3 is 55.4 Å². The van der Waals surface area contributed by atoms with E-state index in [-0.39, 0.29) is 46.8 Å². The quantitative estimate of drug-likeness (QED) is 0.161. The lowest BCUT2D eigenvalue weighted by molar-refractivity contribution is -0.300. The van der Waals surface area contributed by atoms with Crippen molar-refractivity contribution in [1.29, 1.82) is 0 Å². The highest BCUT2D eigenvalue weighted by molar-refractivity contribution is 5.78. The predicted octanol–water partition coefficient (Wildman–Crippen LogP) is 0.599. The molecule has 18 atom stereocenters. The zero-order valence-electron chi connectivity index (χ0n) is 29.3. The average molecular weight is 685 g/mol. The van der Waals surface area contributed by atoms with Crippen LogP contribution in [0.2, 0.25) is 0 Å². The van der Waals surface area contributed by atoms with Crippen molar-refractivity contribution in [3.63, 3.8) is 0 Å². The van der Waals surface area contributed by atoms with Crippen LogP contribution in [-0.2, 0) is 14.3 Å². The number of ether oxygens (including phenoxy) is 2. The Morgan fingerprint density at radius 2 is 1.54 bits per heavy atom. The Morgan fingerprint density at radius 3 is 2.17 bits per heavy atom. The van der Waals surface area contributed by atoms with E-state index < -0.39 is 90.0 Å². The number of hydrogen-bond acceptors (Lipinski definition) is 12. The zero-order chi connectivity index (χ0) is 35.6. The Labute approximate surface area is 283 Å². The van der Waals surface area contributed by atoms with Gasteiger partial charge in [0, 0.05) is 18.3 Å². The molecule has 5 saturated carbocycles. The molecule has 0 aromatic heterocycles. The highest BCUT2D eigenvalue weighted by Crippen LogP contribution is 2.89. The largest absolute Gasteiger partial charge is 0.432 e. The number of carbonyl (C=O) groups excluding carboxylic acids is 1. The molecule has 0 aromatic rings. The molecule has 1 heterocycles. The van der Waals surface area contributed by atoms with Gasteiger partial charge in [0.15, 0.2) is 0 Å². The number of aliphatic hydroxyl groups is 9. The first-order chi connectivity index (χ1) is 22.2. The van der Waals surface area contributed by atoms with Crippen molar-refractivity contribution in [3.8, 4) is 0 Å². The highest BCUT2D eigenvalue weighted by atomic mass is 16.7. The van der Waals surface area contributed by atoms with Crippen molar-refractivity contribution >= 4 is 5.97 Å². The minimum atomic E-state index is -1.76. The lowest BCUT2D eigenvalue weighted by atomic mass is 9.41. The number of fused-ring (bicyclic) bond motifs is 2. The van der Waals surface area contributed by atoms with E-state index in [0.29, 0.717) is 6.42 Å². The molecule has 0 amide bonds. The second kappa shape index (κ2) is 11.8. The molecular formula is C36H60O12. The Hall–Kier alpha value is -0.930. The number of hydrogen-bond donors (Lipinski definition) is 9. The summed E-state index contributed by atoms with van der Waals surface area (Å²) in [7, 11) is 0. The molecule has 1 saturated heterocycles. The van der Waals surface area contributed by atoms with E-state index in [9.17, 15) is 50.8 Å². The van der Waals surface area contributed by atoms with Gasteiger partial charge in [0.1, 0.15) is 24.4 Å². The van der Waals surface area contributed by atoms with Crippen LogP contribution in [-0.4, -0.2) is 119 Å². The first-order valence-electron chi connectivity index (χ1n) is 18.1. The molecule has 0 unspecified atom stereocenters. The third-order valence-electron chi connectivity index (χ3n) is 15.9. The molecule has 48 heavy (non-hydrogen) atoms. The summed E-state index contributed by atoms with van der Waals surface area (Å²) in [6.07, 6.45) is -6.03. The smallest absolute Gasteiger partial charge is 0.317 e. The molecule has 0 bridgehead atoms. The zero-order valence-corrected chi connectivity index (χ0v) is 29.3. The van der Waals surface area contributed by atoms with E-state index in [4.69, 9.17) is 9.47 Å². The van der Waals surface area contributed by atoms with Gasteiger partial charge in [0.05, 0.1) is 42.0 Å². The van der Waals surface area contributed by atoms with Crippen LogP contribution in [0.3, 0.4) is 0 Å². The highest BCUT2D eigenvalue weighted by Gasteiger charge is 2.86. The van der Waals surface area contributed by atoms with Gasteiger partial charge in [-0.2, -0.15) is 0 Å². The second-order valence-electron chi connectivity index (χ2n) is 18.0. The van der Waals surface area contributed by atoms with Crippen LogP contribution in [0.4, 0.5) is 0 Å². The van der Waals surface area contributed by atoms with Gasteiger partial charge in [-0.05, 0) is 106 Å². The van der Waals surface area contributed by atoms with Crippen molar-refractivity contribution in [2.75, 3.05) is 6.61 Å². The Balaban J connectivity index is 1.25. The lowest BCUT2D eigenvalue weighted by Crippen LogP contribution is -2.65. The molecule has 6 fully saturated rings. The van der Waals surface area contributed by atoms with Crippen molar-refractivity contribution < 1.29 is 60.2 Å². The molecule has 0 radical (unpaired) electrons. The summed E-state index contributed by atoms with van der Waals surface area (Å²) in [6, 6.07) is 0. The van der Waals surface area contributed by atoms with Crippen LogP contribution in [0.15, 0.2) is 0 Å². The lowest BCUT2D eigenvalue weighted by Gasteiger charge is -2.64. The molecule has 6 aliphatic rings. The summed E-state index contributed by atoms with van der Waals surface area (Å²) < 4.78 is 11.1. The third kappa shape index (κ3) is 4.80. The average Bonchev–Trinajstić information content (AvgIpc) is 3.64. The fourth-order valence-electron chi connectivity index (χ4n) is 12.6. The Bertz CT molecular complexity index is 1240. The van der Waals surface area contributed by atoms with Crippen molar-refractivity contribution in [2.45, 2.75) is 160 Å². The molecule has 1 aliphatic heterocycles. The third-order valence-corrected chi connectivity index (χ3v) is 15.9. The van der Waals surface area contributed by atoms with Gasteiger partial charge in [0.2, 0.25) is 6.29 Å². The van der Waals surface area contributed by atoms with Crippen LogP contribution >= 0.6 is 0 Å². The monoisotopic (exact) mass is 684 g/mol. The molecule has 12 nitrogen and oxygen atoms in total. The van der Waals surface area contributed by atoms with Gasteiger partial charge in [0.25, 0.3) is 0 Å². The minimum Gasteiger partial charge on any atom is -0.432 e. The number of esters is 1. The summed E-state index contributed by atoms with van der Waals surface area (Å²) >= 11 is 0. The standard InChI is InChI=1S/C36H60O12/c1-17(19(38)13-23(39)31(2,3)46)18-9-10-33(5)21-7-8-22-34(6,30(45)48-29-28(44)27(43)26(42)20(15-37)47-29)24(40)14-25(41)36(22)16-35(21,36)12-11-32(18,33)4/h17-29,37-44,46H,7-16H2,1-6H3/t17-,18+,19-,20+,21-,22+,23+,24+,25-,26-,27-,28-,29-,32-,33+,34+,35-,36+/m1/s1. The summed E-state index contributed by atoms with van der Waals surface area (Å²) in [5.74, 6) is -0.852. The molecule has 5 aliphatic carbocycles. The van der Waals surface area contributed by atoms with Crippen molar-refractivity contribution in [2.24, 2.45) is 50.7 Å². The molecule has 9 N–H and O–H groups in total. The number of rotatable bonds is 8. The van der Waals surface area contributed by atoms with Gasteiger partial charge in [-0.3, -0.25) is 4.79 Å². The Morgan fingerprint density at radius 1 is 0.896 bits per heavy atom. The van der Waals surface area contributed by atoms with E-state index in [0.717, 1.165) is 38.5 Å². The van der Waals surface area contributed by atoms with Crippen LogP contribution in [0.25, 0.3) is 0 Å². The molecule has 12 heteroatoms. The van der Waals surface area contributed by atoms with Gasteiger partial charge >= 0.3 is 5.97 Å². The number of carbonyl (C=O) groups is 1. The van der Waals surface area contributed by atoms with E-state index in [1.54, 1.807) is 20.8 Å². The summed E-state index contributed by atoms with van der Waals surface area (Å²) in [5, 5.41) is 96.1. The first-order valence-corrected chi connectivity index (χ1v) is 18.1. The summed E-state index contributed by atoms with van der Waals surface area (Å²) in [4.78, 5) is 14.1. The van der Waals surface area contributed by atoms with Crippen molar-refractivity contribution in [3.05, 3.63) is 0 Å². The maximum atomic E-state index is 14.1. The Kier molecular flexibility index (Phi) is 9.06. The van der Waals surface area contributed by atoms with E-state index in [1.165, 1.54) is 0 Å². The van der Waals surface area contributed by atoms with Crippen LogP contribution in [0.5, 0.6) is 0 Å². The fourth-order valence-corrected chi connectivity index (χ4v) is 12.6. The van der Waals surface area contributed by atoms with E-state index in [1.807, 2.05) is 0 Å². The van der Waals surface area contributed by atoms with E-state index >= 15 is 0 Å². The normalized spacial score (nSPS) is 53.4. The molecule has 6 rings (SSSR count). The SMILES string of the molecule is C[C@@H]([C@H](O)C[C@H](O)C(C)(C)O)[C@@H]1CC[C@@]2(C)[C@H]3CC[C@H]4[C@](C)(C(=O)O[C@H]5O[C@@H](CO)[C@@H](O)[C@@H](O)[C@H]5O)[C@@H](O)C[C@@H](O)[C@]45C[C@]35CC[C@]12C. The van der Waals surface area contributed by atoms with Crippen molar-refractivity contribution in [1.82, 2.24) is 0 Å². The topological polar surface area (TPSA) is 218 Å². The molecule has 2 spiro atoms. The molecule has 276 valence electrons. The van der Waals surface area contributed by atoms with Gasteiger partial charge in [-0.25, -0.2) is 0 Å². The second-order valence-corrected chi connectivity index (χ2v) is 18.0. The summed E-state index contributed by atoms with van der Waals surface area (Å²) in [5.41, 5.74) is -3.80. The van der Waals surface area contributed by atoms with Gasteiger partial charge in [-0.1, -0.05) is 20.8 Å². The van der Waals surface area contributed by atoms with Crippen LogP contribution < -0.4 is 0 Å². The number of aliphatic hydroxyl groups excluding tert-OH is 8. The van der Waals surface area contributed by atoms with E-state index in [2.05, 4.69) is 20.8 Å². The van der Waals surface area contributed by atoms with Gasteiger partial charge in [-0.15, -0.1) is 0 Å². The maximum Gasteiger partial charge on any atom is 0.317 e. The molecule has 0 aromatic carbocycles.